The highest BCUT2D eigenvalue weighted by Crippen LogP contribution is 2.09. The number of aromatic nitrogens is 2. The maximum Gasteiger partial charge on any atom is 0.264 e. The van der Waals surface area contributed by atoms with Crippen LogP contribution in [0.4, 0.5) is 5.69 Å². The van der Waals surface area contributed by atoms with Crippen LogP contribution in [-0.4, -0.2) is 21.3 Å². The molecule has 0 bridgehead atoms. The molecule has 0 amide bonds. The Labute approximate surface area is 113 Å². The third kappa shape index (κ3) is 3.29. The van der Waals surface area contributed by atoms with Gasteiger partial charge in [0.15, 0.2) is 4.77 Å². The lowest BCUT2D eigenvalue weighted by atomic mass is 10.2. The highest BCUT2D eigenvalue weighted by atomic mass is 32.1. The summed E-state index contributed by atoms with van der Waals surface area (Å²) < 4.78 is 0.0614. The van der Waals surface area contributed by atoms with E-state index in [1.165, 1.54) is 6.21 Å². The highest BCUT2D eigenvalue weighted by Gasteiger charge is 2.03. The zero-order valence-electron chi connectivity index (χ0n) is 10.1. The van der Waals surface area contributed by atoms with Crippen LogP contribution in [0.25, 0.3) is 0 Å². The Balaban J connectivity index is 2.20. The van der Waals surface area contributed by atoms with E-state index in [9.17, 15) is 9.90 Å². The molecule has 0 saturated carbocycles. The summed E-state index contributed by atoms with van der Waals surface area (Å²) in [5.41, 5.74) is 4.15. The molecule has 0 atom stereocenters. The molecule has 2 rings (SSSR count). The molecule has 2 aromatic rings. The molecule has 1 aromatic heterocycles. The van der Waals surface area contributed by atoms with Crippen LogP contribution >= 0.6 is 12.2 Å². The Bertz CT molecular complexity index is 733. The summed E-state index contributed by atoms with van der Waals surface area (Å²) in [5, 5.41) is 13.4. The van der Waals surface area contributed by atoms with Crippen molar-refractivity contribution in [3.05, 3.63) is 50.5 Å². The Kier molecular flexibility index (Phi) is 3.76. The molecule has 4 N–H and O–H groups in total. The van der Waals surface area contributed by atoms with E-state index in [-0.39, 0.29) is 16.2 Å². The minimum atomic E-state index is -0.504. The van der Waals surface area contributed by atoms with E-state index in [0.29, 0.717) is 0 Å². The number of aryl methyl sites for hydroxylation is 1. The lowest BCUT2D eigenvalue weighted by molar-refractivity contribution is 0.449. The summed E-state index contributed by atoms with van der Waals surface area (Å²) in [6.07, 6.45) is 1.22. The maximum absolute atomic E-state index is 11.5. The van der Waals surface area contributed by atoms with Crippen LogP contribution in [0.15, 0.2) is 34.2 Å². The predicted molar refractivity (Wildman–Crippen MR) is 76.3 cm³/mol. The minimum Gasteiger partial charge on any atom is -0.494 e. The number of aromatic amines is 2. The molecule has 0 fully saturated rings. The summed E-state index contributed by atoms with van der Waals surface area (Å²) >= 11 is 4.72. The van der Waals surface area contributed by atoms with E-state index in [1.807, 2.05) is 31.2 Å². The lowest BCUT2D eigenvalue weighted by Crippen LogP contribution is -2.14. The molecule has 0 aliphatic carbocycles. The molecule has 0 aliphatic heterocycles. The molecular formula is C12H12N4O2S. The SMILES string of the molecule is Cc1cccc(NN=Cc2c(O)[nH]c(=S)[nH]c2=O)c1. The first-order valence-corrected chi connectivity index (χ1v) is 5.88. The number of hydrazone groups is 1. The fourth-order valence-electron chi connectivity index (χ4n) is 1.49. The van der Waals surface area contributed by atoms with Gasteiger partial charge in [0.1, 0.15) is 5.56 Å². The second-order valence-electron chi connectivity index (χ2n) is 3.91. The van der Waals surface area contributed by atoms with Crippen LogP contribution in [0, 0.1) is 11.7 Å². The average molecular weight is 276 g/mol. The van der Waals surface area contributed by atoms with Gasteiger partial charge in [-0.25, -0.2) is 0 Å². The molecule has 0 radical (unpaired) electrons. The average Bonchev–Trinajstić information content (AvgIpc) is 2.32. The van der Waals surface area contributed by atoms with Crippen molar-refractivity contribution in [1.29, 1.82) is 0 Å². The second kappa shape index (κ2) is 5.49. The number of nitrogens with one attached hydrogen (secondary N) is 3. The number of nitrogens with zero attached hydrogens (tertiary/aromatic N) is 1. The van der Waals surface area contributed by atoms with Gasteiger partial charge >= 0.3 is 0 Å². The fourth-order valence-corrected chi connectivity index (χ4v) is 1.68. The van der Waals surface area contributed by atoms with Gasteiger partial charge in [-0.05, 0) is 36.8 Å². The summed E-state index contributed by atoms with van der Waals surface area (Å²) in [5.74, 6) is -0.316. The Morgan fingerprint density at radius 1 is 1.42 bits per heavy atom. The normalized spacial score (nSPS) is 10.8. The highest BCUT2D eigenvalue weighted by molar-refractivity contribution is 7.71. The van der Waals surface area contributed by atoms with Gasteiger partial charge in [-0.3, -0.25) is 15.2 Å². The topological polar surface area (TPSA) is 93.3 Å². The smallest absolute Gasteiger partial charge is 0.264 e. The van der Waals surface area contributed by atoms with E-state index >= 15 is 0 Å². The first-order chi connectivity index (χ1) is 9.06. The monoisotopic (exact) mass is 276 g/mol. The molecule has 0 saturated heterocycles. The van der Waals surface area contributed by atoms with E-state index in [4.69, 9.17) is 12.2 Å². The van der Waals surface area contributed by atoms with Gasteiger partial charge in [-0.1, -0.05) is 12.1 Å². The van der Waals surface area contributed by atoms with Crippen LogP contribution in [-0.2, 0) is 0 Å². The van der Waals surface area contributed by atoms with Gasteiger partial charge in [0.2, 0.25) is 5.88 Å². The third-order valence-electron chi connectivity index (χ3n) is 2.36. The zero-order valence-corrected chi connectivity index (χ0v) is 10.9. The maximum atomic E-state index is 11.5. The predicted octanol–water partition coefficient (Wildman–Crippen LogP) is 1.89. The van der Waals surface area contributed by atoms with Crippen molar-refractivity contribution < 1.29 is 5.11 Å². The zero-order chi connectivity index (χ0) is 13.8. The number of anilines is 1. The molecule has 7 heteroatoms. The number of rotatable bonds is 3. The van der Waals surface area contributed by atoms with Gasteiger partial charge in [-0.2, -0.15) is 5.10 Å². The van der Waals surface area contributed by atoms with E-state index in [1.54, 1.807) is 0 Å². The number of hydrogen-bond donors (Lipinski definition) is 4. The van der Waals surface area contributed by atoms with Gasteiger partial charge in [0.25, 0.3) is 5.56 Å². The second-order valence-corrected chi connectivity index (χ2v) is 4.32. The van der Waals surface area contributed by atoms with Gasteiger partial charge in [0, 0.05) is 0 Å². The van der Waals surface area contributed by atoms with Crippen molar-refractivity contribution in [3.63, 3.8) is 0 Å². The lowest BCUT2D eigenvalue weighted by Gasteiger charge is -2.01. The van der Waals surface area contributed by atoms with Gasteiger partial charge in [0.05, 0.1) is 11.9 Å². The Morgan fingerprint density at radius 2 is 2.21 bits per heavy atom. The van der Waals surface area contributed by atoms with Crippen molar-refractivity contribution in [3.8, 4) is 5.88 Å². The molecule has 6 nitrogen and oxygen atoms in total. The fraction of sp³-hybridized carbons (Fsp3) is 0.0833. The van der Waals surface area contributed by atoms with Crippen molar-refractivity contribution in [2.24, 2.45) is 5.10 Å². The summed E-state index contributed by atoms with van der Waals surface area (Å²) in [6, 6.07) is 7.59. The molecule has 19 heavy (non-hydrogen) atoms. The van der Waals surface area contributed by atoms with Crippen LogP contribution in [0.1, 0.15) is 11.1 Å². The summed E-state index contributed by atoms with van der Waals surface area (Å²) in [7, 11) is 0. The van der Waals surface area contributed by atoms with Crippen molar-refractivity contribution in [1.82, 2.24) is 9.97 Å². The molecule has 1 heterocycles. The largest absolute Gasteiger partial charge is 0.494 e. The summed E-state index contributed by atoms with van der Waals surface area (Å²) in [6.45, 7) is 1.96. The molecular weight excluding hydrogens is 264 g/mol. The van der Waals surface area contributed by atoms with Crippen LogP contribution in [0.3, 0.4) is 0 Å². The van der Waals surface area contributed by atoms with Crippen molar-refractivity contribution in [2.45, 2.75) is 6.92 Å². The van der Waals surface area contributed by atoms with Crippen LogP contribution in [0.2, 0.25) is 0 Å². The Hall–Kier alpha value is -2.41. The first kappa shape index (κ1) is 13.0. The molecule has 0 unspecified atom stereocenters. The van der Waals surface area contributed by atoms with Crippen LogP contribution < -0.4 is 11.0 Å². The van der Waals surface area contributed by atoms with Gasteiger partial charge in [-0.15, -0.1) is 0 Å². The third-order valence-corrected chi connectivity index (χ3v) is 2.57. The number of aromatic hydroxyl groups is 1. The quantitative estimate of drug-likeness (QED) is 0.391. The standard InChI is InChI=1S/C12H12N4O2S/c1-7-3-2-4-8(5-7)16-13-6-9-10(17)14-12(19)15-11(9)18/h2-6,16H,1H3,(H3,14,15,17,18,19). The van der Waals surface area contributed by atoms with E-state index in [0.717, 1.165) is 11.3 Å². The Morgan fingerprint density at radius 3 is 2.89 bits per heavy atom. The molecule has 0 aliphatic rings. The number of hydrogen-bond acceptors (Lipinski definition) is 5. The summed E-state index contributed by atoms with van der Waals surface area (Å²) in [4.78, 5) is 16.3. The van der Waals surface area contributed by atoms with E-state index < -0.39 is 5.56 Å². The number of benzene rings is 1. The molecule has 98 valence electrons. The van der Waals surface area contributed by atoms with Crippen LogP contribution in [0.5, 0.6) is 5.88 Å². The first-order valence-electron chi connectivity index (χ1n) is 5.47. The molecule has 1 aromatic carbocycles. The van der Waals surface area contributed by atoms with Gasteiger partial charge < -0.3 is 10.1 Å². The molecule has 0 spiro atoms. The van der Waals surface area contributed by atoms with Crippen molar-refractivity contribution in [2.75, 3.05) is 5.43 Å². The number of H-pyrrole nitrogens is 2. The van der Waals surface area contributed by atoms with E-state index in [2.05, 4.69) is 20.5 Å². The minimum absolute atomic E-state index is 0.00810. The van der Waals surface area contributed by atoms with Crippen molar-refractivity contribution >= 4 is 24.1 Å².